The lowest BCUT2D eigenvalue weighted by atomic mass is 10.1. The number of hydrogen-bond donors (Lipinski definition) is 1. The number of amides is 1. The third-order valence-electron chi connectivity index (χ3n) is 5.01. The van der Waals surface area contributed by atoms with Gasteiger partial charge in [0.25, 0.3) is 0 Å². The van der Waals surface area contributed by atoms with Crippen LogP contribution in [0.4, 0.5) is 11.5 Å². The third-order valence-corrected chi connectivity index (χ3v) is 5.01. The summed E-state index contributed by atoms with van der Waals surface area (Å²) in [5.41, 5.74) is 3.97. The zero-order valence-electron chi connectivity index (χ0n) is 16.6. The first kappa shape index (κ1) is 18.2. The van der Waals surface area contributed by atoms with E-state index in [1.165, 1.54) is 0 Å². The van der Waals surface area contributed by atoms with E-state index in [4.69, 9.17) is 9.47 Å². The molecule has 0 fully saturated rings. The molecule has 1 N–H and O–H groups in total. The van der Waals surface area contributed by atoms with Crippen molar-refractivity contribution in [3.63, 3.8) is 0 Å². The molecule has 0 radical (unpaired) electrons. The van der Waals surface area contributed by atoms with Crippen molar-refractivity contribution in [1.29, 1.82) is 0 Å². The number of benzene rings is 1. The van der Waals surface area contributed by atoms with Crippen molar-refractivity contribution in [3.8, 4) is 11.5 Å². The van der Waals surface area contributed by atoms with E-state index < -0.39 is 0 Å². The number of aromatic nitrogens is 2. The van der Waals surface area contributed by atoms with Crippen molar-refractivity contribution >= 4 is 28.3 Å². The fourth-order valence-electron chi connectivity index (χ4n) is 3.47. The number of nitrogens with zero attached hydrogens (tertiary/aromatic N) is 3. The molecule has 7 heteroatoms. The molecule has 1 aliphatic heterocycles. The van der Waals surface area contributed by atoms with Gasteiger partial charge in [-0.2, -0.15) is 0 Å². The number of fused-ring (bicyclic) bond motifs is 2. The van der Waals surface area contributed by atoms with E-state index in [0.29, 0.717) is 19.8 Å². The number of carbonyl (C=O) groups excluding carboxylic acids is 1. The molecule has 1 aromatic carbocycles. The standard InChI is InChI=1S/C21H24N4O3/c1-13-11-17-20(28-10-9-27-17)14(2)19(13)23-21-15-6-8-25(12-18(26)24(3)4)16(15)5-7-22-21/h5-8,11H,9-10,12H2,1-4H3,(H,22,23). The molecule has 4 rings (SSSR count). The second-order valence-corrected chi connectivity index (χ2v) is 7.17. The number of hydrogen-bond acceptors (Lipinski definition) is 5. The average molecular weight is 380 g/mol. The Morgan fingerprint density at radius 3 is 2.82 bits per heavy atom. The lowest BCUT2D eigenvalue weighted by molar-refractivity contribution is -0.129. The normalized spacial score (nSPS) is 12.9. The summed E-state index contributed by atoms with van der Waals surface area (Å²) in [6.07, 6.45) is 3.67. The zero-order chi connectivity index (χ0) is 19.8. The molecule has 146 valence electrons. The molecule has 0 atom stereocenters. The van der Waals surface area contributed by atoms with Gasteiger partial charge in [-0.3, -0.25) is 4.79 Å². The number of aryl methyl sites for hydroxylation is 1. The van der Waals surface area contributed by atoms with Gasteiger partial charge in [0, 0.05) is 43.1 Å². The van der Waals surface area contributed by atoms with Gasteiger partial charge in [0.15, 0.2) is 11.5 Å². The number of pyridine rings is 1. The summed E-state index contributed by atoms with van der Waals surface area (Å²) < 4.78 is 13.5. The smallest absolute Gasteiger partial charge is 0.241 e. The number of nitrogens with one attached hydrogen (secondary N) is 1. The average Bonchev–Trinajstić information content (AvgIpc) is 3.08. The number of rotatable bonds is 4. The molecule has 0 aliphatic carbocycles. The van der Waals surface area contributed by atoms with E-state index in [2.05, 4.69) is 10.3 Å². The van der Waals surface area contributed by atoms with E-state index in [9.17, 15) is 4.79 Å². The molecule has 1 amide bonds. The van der Waals surface area contributed by atoms with Gasteiger partial charge in [-0.1, -0.05) is 0 Å². The molecule has 2 aromatic heterocycles. The van der Waals surface area contributed by atoms with Crippen LogP contribution in [0.3, 0.4) is 0 Å². The number of carbonyl (C=O) groups is 1. The summed E-state index contributed by atoms with van der Waals surface area (Å²) in [5, 5.41) is 4.43. The largest absolute Gasteiger partial charge is 0.486 e. The first-order chi connectivity index (χ1) is 13.5. The Morgan fingerprint density at radius 2 is 2.04 bits per heavy atom. The van der Waals surface area contributed by atoms with Crippen LogP contribution in [0.5, 0.6) is 11.5 Å². The number of anilines is 2. The highest BCUT2D eigenvalue weighted by molar-refractivity contribution is 5.93. The van der Waals surface area contributed by atoms with Crippen molar-refractivity contribution in [1.82, 2.24) is 14.5 Å². The van der Waals surface area contributed by atoms with E-state index in [-0.39, 0.29) is 5.91 Å². The molecule has 28 heavy (non-hydrogen) atoms. The Bertz CT molecular complexity index is 1060. The van der Waals surface area contributed by atoms with Crippen LogP contribution in [0.25, 0.3) is 10.9 Å². The van der Waals surface area contributed by atoms with E-state index in [1.807, 2.05) is 42.8 Å². The summed E-state index contributed by atoms with van der Waals surface area (Å²) in [6, 6.07) is 5.90. The minimum atomic E-state index is 0.0438. The van der Waals surface area contributed by atoms with Gasteiger partial charge in [0.2, 0.25) is 5.91 Å². The van der Waals surface area contributed by atoms with Gasteiger partial charge in [0.05, 0.1) is 5.52 Å². The summed E-state index contributed by atoms with van der Waals surface area (Å²) in [6.45, 7) is 5.46. The summed E-state index contributed by atoms with van der Waals surface area (Å²) in [5.74, 6) is 2.35. The quantitative estimate of drug-likeness (QED) is 0.752. The molecular formula is C21H24N4O3. The highest BCUT2D eigenvalue weighted by Gasteiger charge is 2.20. The third kappa shape index (κ3) is 3.13. The van der Waals surface area contributed by atoms with Gasteiger partial charge >= 0.3 is 0 Å². The number of ether oxygens (including phenoxy) is 2. The van der Waals surface area contributed by atoms with Crippen LogP contribution in [0, 0.1) is 13.8 Å². The highest BCUT2D eigenvalue weighted by Crippen LogP contribution is 2.41. The van der Waals surface area contributed by atoms with Crippen LogP contribution in [0.15, 0.2) is 30.6 Å². The van der Waals surface area contributed by atoms with Gasteiger partial charge in [-0.05, 0) is 37.6 Å². The Kier molecular flexibility index (Phi) is 4.58. The lowest BCUT2D eigenvalue weighted by Gasteiger charge is -2.23. The first-order valence-electron chi connectivity index (χ1n) is 9.26. The molecule has 3 aromatic rings. The van der Waals surface area contributed by atoms with Crippen LogP contribution < -0.4 is 14.8 Å². The van der Waals surface area contributed by atoms with Gasteiger partial charge in [-0.25, -0.2) is 4.98 Å². The second kappa shape index (κ2) is 7.07. The lowest BCUT2D eigenvalue weighted by Crippen LogP contribution is -2.25. The molecule has 3 heterocycles. The van der Waals surface area contributed by atoms with Crippen molar-refractivity contribution in [2.45, 2.75) is 20.4 Å². The molecule has 0 unspecified atom stereocenters. The molecule has 0 bridgehead atoms. The van der Waals surface area contributed by atoms with Crippen molar-refractivity contribution in [2.24, 2.45) is 0 Å². The monoisotopic (exact) mass is 380 g/mol. The molecule has 0 spiro atoms. The fraction of sp³-hybridized carbons (Fsp3) is 0.333. The van der Waals surface area contributed by atoms with Crippen molar-refractivity contribution < 1.29 is 14.3 Å². The minimum absolute atomic E-state index is 0.0438. The van der Waals surface area contributed by atoms with Crippen LogP contribution in [-0.2, 0) is 11.3 Å². The van der Waals surface area contributed by atoms with Crippen LogP contribution >= 0.6 is 0 Å². The predicted octanol–water partition coefficient (Wildman–Crippen LogP) is 3.26. The van der Waals surface area contributed by atoms with Crippen LogP contribution in [0.2, 0.25) is 0 Å². The maximum atomic E-state index is 12.1. The SMILES string of the molecule is Cc1cc2c(c(C)c1Nc1nccc3c1ccn3CC(=O)N(C)C)OCCO2. The topological polar surface area (TPSA) is 68.6 Å². The van der Waals surface area contributed by atoms with Crippen LogP contribution in [-0.4, -0.2) is 47.7 Å². The summed E-state index contributed by atoms with van der Waals surface area (Å²) in [4.78, 5) is 18.2. The molecule has 7 nitrogen and oxygen atoms in total. The summed E-state index contributed by atoms with van der Waals surface area (Å²) >= 11 is 0. The van der Waals surface area contributed by atoms with E-state index in [0.717, 1.165) is 45.0 Å². The summed E-state index contributed by atoms with van der Waals surface area (Å²) in [7, 11) is 3.52. The molecule has 0 saturated heterocycles. The zero-order valence-corrected chi connectivity index (χ0v) is 16.6. The first-order valence-corrected chi connectivity index (χ1v) is 9.26. The predicted molar refractivity (Wildman–Crippen MR) is 109 cm³/mol. The maximum absolute atomic E-state index is 12.1. The molecule has 1 aliphatic rings. The Balaban J connectivity index is 1.71. The van der Waals surface area contributed by atoms with E-state index >= 15 is 0 Å². The highest BCUT2D eigenvalue weighted by atomic mass is 16.6. The minimum Gasteiger partial charge on any atom is -0.486 e. The Labute approximate surface area is 163 Å². The maximum Gasteiger partial charge on any atom is 0.241 e. The van der Waals surface area contributed by atoms with Crippen LogP contribution in [0.1, 0.15) is 11.1 Å². The van der Waals surface area contributed by atoms with Crippen molar-refractivity contribution in [2.75, 3.05) is 32.6 Å². The Hall–Kier alpha value is -3.22. The second-order valence-electron chi connectivity index (χ2n) is 7.17. The van der Waals surface area contributed by atoms with Gasteiger partial charge in [-0.15, -0.1) is 0 Å². The Morgan fingerprint density at radius 1 is 1.25 bits per heavy atom. The van der Waals surface area contributed by atoms with E-state index in [1.54, 1.807) is 25.2 Å². The van der Waals surface area contributed by atoms with Crippen molar-refractivity contribution in [3.05, 3.63) is 41.7 Å². The molecule has 0 saturated carbocycles. The fourth-order valence-corrected chi connectivity index (χ4v) is 3.47. The van der Waals surface area contributed by atoms with Gasteiger partial charge in [0.1, 0.15) is 25.6 Å². The number of likely N-dealkylation sites (N-methyl/N-ethyl adjacent to an activating group) is 1. The molecular weight excluding hydrogens is 356 g/mol. The van der Waals surface area contributed by atoms with Gasteiger partial charge < -0.3 is 24.3 Å².